The van der Waals surface area contributed by atoms with E-state index in [4.69, 9.17) is 0 Å². The molecule has 0 radical (unpaired) electrons. The fourth-order valence-electron chi connectivity index (χ4n) is 5.59. The van der Waals surface area contributed by atoms with Crippen LogP contribution in [0.3, 0.4) is 0 Å². The molecule has 0 aliphatic carbocycles. The fourth-order valence-corrected chi connectivity index (χ4v) is 7.50. The summed E-state index contributed by atoms with van der Waals surface area (Å²) in [5.74, 6) is -0.595. The monoisotopic (exact) mass is 836 g/mol. The number of nitro groups is 2. The summed E-state index contributed by atoms with van der Waals surface area (Å²) < 4.78 is 111. The van der Waals surface area contributed by atoms with Gasteiger partial charge in [-0.15, -0.1) is 20.4 Å². The second-order valence-corrected chi connectivity index (χ2v) is 14.1. The Morgan fingerprint density at radius 2 is 0.965 bits per heavy atom. The van der Waals surface area contributed by atoms with Crippen LogP contribution in [0.2, 0.25) is 0 Å². The van der Waals surface area contributed by atoms with Crippen molar-refractivity contribution in [2.75, 3.05) is 0 Å². The van der Waals surface area contributed by atoms with Crippen molar-refractivity contribution in [3.8, 4) is 11.4 Å². The molecule has 0 aliphatic heterocycles. The van der Waals surface area contributed by atoms with E-state index in [-0.39, 0.29) is 44.3 Å². The number of nitrogens with zero attached hydrogens (tertiary/aromatic N) is 8. The lowest BCUT2D eigenvalue weighted by molar-refractivity contribution is -0.388. The molecule has 0 atom stereocenters. The fraction of sp³-hybridized carbons (Fsp3) is 0.200. The molecular formula is C35H24F8N8O4S2. The van der Waals surface area contributed by atoms with Gasteiger partial charge in [0.1, 0.15) is 23.3 Å². The molecule has 6 rings (SSSR count). The molecule has 0 unspecified atom stereocenters. The number of rotatable bonds is 14. The maximum Gasteiger partial charge on any atom is 0.416 e. The third-order valence-corrected chi connectivity index (χ3v) is 10.2. The number of hydrogen-bond donors (Lipinski definition) is 0. The number of aryl methyl sites for hydroxylation is 2. The molecule has 6 aromatic rings. The molecule has 0 fully saturated rings. The summed E-state index contributed by atoms with van der Waals surface area (Å²) in [6.07, 6.45) is -7.75. The molecule has 0 saturated heterocycles. The number of benzene rings is 4. The maximum atomic E-state index is 14.3. The van der Waals surface area contributed by atoms with Crippen molar-refractivity contribution in [1.82, 2.24) is 29.5 Å². The van der Waals surface area contributed by atoms with E-state index in [1.165, 1.54) is 57.7 Å². The lowest BCUT2D eigenvalue weighted by Gasteiger charge is -2.12. The van der Waals surface area contributed by atoms with Gasteiger partial charge in [-0.05, 0) is 97.0 Å². The van der Waals surface area contributed by atoms with E-state index in [0.717, 1.165) is 12.1 Å². The summed E-state index contributed by atoms with van der Waals surface area (Å²) in [6, 6.07) is 14.8. The second-order valence-electron chi connectivity index (χ2n) is 12.1. The summed E-state index contributed by atoms with van der Waals surface area (Å²) in [6.45, 7) is 0. The SMILES string of the molecule is O=[N+]([O-])c1cc(C(F)(F)F)ccc1Sc1nnc(CCCCCc2nnc(Sc3ccc(C(F)(F)F)cc3[N+](=O)[O-])n2-c2cccc(F)c2)n1-c1cccc(F)c1. The Labute approximate surface area is 324 Å². The highest BCUT2D eigenvalue weighted by atomic mass is 32.2. The van der Waals surface area contributed by atoms with Crippen LogP contribution in [0.5, 0.6) is 0 Å². The molecule has 12 nitrogen and oxygen atoms in total. The zero-order valence-electron chi connectivity index (χ0n) is 28.7. The highest BCUT2D eigenvalue weighted by Crippen LogP contribution is 2.41. The Morgan fingerprint density at radius 1 is 0.561 bits per heavy atom. The first-order valence-electron chi connectivity index (χ1n) is 16.5. The van der Waals surface area contributed by atoms with Crippen LogP contribution in [0.1, 0.15) is 42.0 Å². The zero-order valence-corrected chi connectivity index (χ0v) is 30.3. The Hall–Kier alpha value is -5.90. The highest BCUT2D eigenvalue weighted by Gasteiger charge is 2.35. The van der Waals surface area contributed by atoms with Crippen LogP contribution in [0, 0.1) is 31.9 Å². The summed E-state index contributed by atoms with van der Waals surface area (Å²) >= 11 is 1.36. The van der Waals surface area contributed by atoms with E-state index in [9.17, 15) is 55.4 Å². The molecule has 57 heavy (non-hydrogen) atoms. The predicted molar refractivity (Wildman–Crippen MR) is 188 cm³/mol. The van der Waals surface area contributed by atoms with Gasteiger partial charge in [0.25, 0.3) is 11.4 Å². The Morgan fingerprint density at radius 3 is 1.32 bits per heavy atom. The van der Waals surface area contributed by atoms with E-state index in [1.54, 1.807) is 0 Å². The Kier molecular flexibility index (Phi) is 11.9. The van der Waals surface area contributed by atoms with Crippen LogP contribution >= 0.6 is 23.5 Å². The third kappa shape index (κ3) is 9.56. The van der Waals surface area contributed by atoms with E-state index in [1.807, 2.05) is 0 Å². The largest absolute Gasteiger partial charge is 0.416 e. The van der Waals surface area contributed by atoms with E-state index >= 15 is 0 Å². The average molecular weight is 837 g/mol. The van der Waals surface area contributed by atoms with E-state index in [2.05, 4.69) is 20.4 Å². The molecule has 0 spiro atoms. The topological polar surface area (TPSA) is 148 Å². The minimum absolute atomic E-state index is 0.0277. The lowest BCUT2D eigenvalue weighted by Crippen LogP contribution is -2.07. The molecule has 0 saturated carbocycles. The summed E-state index contributed by atoms with van der Waals surface area (Å²) in [5.41, 5.74) is -3.52. The van der Waals surface area contributed by atoms with Gasteiger partial charge in [0.05, 0.1) is 42.1 Å². The van der Waals surface area contributed by atoms with Gasteiger partial charge in [0, 0.05) is 25.0 Å². The average Bonchev–Trinajstić information content (AvgIpc) is 3.73. The summed E-state index contributed by atoms with van der Waals surface area (Å²) in [5, 5.41) is 40.1. The predicted octanol–water partition coefficient (Wildman–Crippen LogP) is 10.2. The van der Waals surface area contributed by atoms with Crippen molar-refractivity contribution < 1.29 is 45.0 Å². The van der Waals surface area contributed by atoms with Gasteiger partial charge in [-0.2, -0.15) is 26.3 Å². The highest BCUT2D eigenvalue weighted by molar-refractivity contribution is 7.99. The summed E-state index contributed by atoms with van der Waals surface area (Å²) in [4.78, 5) is 21.2. The number of nitro benzene ring substituents is 2. The lowest BCUT2D eigenvalue weighted by atomic mass is 10.1. The standard InChI is InChI=1S/C35H24F8N8O4S2/c36-22-6-4-8-24(18-22)48-30(44-46-32(48)56-28-14-12-20(34(38,39)40)16-26(28)50(52)53)10-2-1-3-11-31-45-47-33(49(31)25-9-5-7-23(37)19-25)57-29-15-13-21(35(41,42)43)17-27(29)51(54)55/h4-9,12-19H,1-3,10-11H2. The van der Waals surface area contributed by atoms with Crippen molar-refractivity contribution in [2.24, 2.45) is 0 Å². The molecule has 2 heterocycles. The van der Waals surface area contributed by atoms with Gasteiger partial charge in [0.15, 0.2) is 0 Å². The van der Waals surface area contributed by atoms with Gasteiger partial charge in [-0.1, -0.05) is 18.6 Å². The molecule has 0 aliphatic rings. The number of halogens is 8. The van der Waals surface area contributed by atoms with Crippen molar-refractivity contribution in [1.29, 1.82) is 0 Å². The first-order chi connectivity index (χ1) is 27.0. The number of aromatic nitrogens is 6. The summed E-state index contributed by atoms with van der Waals surface area (Å²) in [7, 11) is 0. The van der Waals surface area contributed by atoms with Gasteiger partial charge < -0.3 is 0 Å². The zero-order chi connectivity index (χ0) is 41.1. The van der Waals surface area contributed by atoms with E-state index < -0.39 is 56.3 Å². The second kappa shape index (κ2) is 16.7. The number of hydrogen-bond acceptors (Lipinski definition) is 10. The molecule has 2 aromatic heterocycles. The van der Waals surface area contributed by atoms with Gasteiger partial charge in [0.2, 0.25) is 10.3 Å². The smallest absolute Gasteiger partial charge is 0.274 e. The van der Waals surface area contributed by atoms with Gasteiger partial charge in [-0.25, -0.2) is 8.78 Å². The Bertz CT molecular complexity index is 2290. The molecule has 296 valence electrons. The molecule has 0 amide bonds. The number of unbranched alkanes of at least 4 members (excludes halogenated alkanes) is 2. The molecule has 4 aromatic carbocycles. The minimum atomic E-state index is -4.82. The minimum Gasteiger partial charge on any atom is -0.274 e. The third-order valence-electron chi connectivity index (χ3n) is 8.20. The van der Waals surface area contributed by atoms with E-state index in [0.29, 0.717) is 78.7 Å². The van der Waals surface area contributed by atoms with Gasteiger partial charge >= 0.3 is 12.4 Å². The normalized spacial score (nSPS) is 11.9. The maximum absolute atomic E-state index is 14.3. The first-order valence-corrected chi connectivity index (χ1v) is 18.1. The van der Waals surface area contributed by atoms with Crippen molar-refractivity contribution in [2.45, 2.75) is 64.6 Å². The van der Waals surface area contributed by atoms with Crippen LogP contribution in [0.4, 0.5) is 46.5 Å². The van der Waals surface area contributed by atoms with Crippen LogP contribution in [0.25, 0.3) is 11.4 Å². The molecule has 0 N–H and O–H groups in total. The van der Waals surface area contributed by atoms with Crippen molar-refractivity contribution in [3.05, 3.63) is 140 Å². The molecular weight excluding hydrogens is 813 g/mol. The van der Waals surface area contributed by atoms with Crippen LogP contribution in [-0.2, 0) is 25.2 Å². The first kappa shape index (κ1) is 40.8. The quantitative estimate of drug-likeness (QED) is 0.0449. The van der Waals surface area contributed by atoms with Crippen LogP contribution in [-0.4, -0.2) is 39.4 Å². The van der Waals surface area contributed by atoms with Crippen LogP contribution in [0.15, 0.2) is 105 Å². The van der Waals surface area contributed by atoms with Crippen LogP contribution < -0.4 is 0 Å². The Balaban J connectivity index is 1.21. The molecule has 22 heteroatoms. The number of alkyl halides is 6. The molecule has 0 bridgehead atoms. The van der Waals surface area contributed by atoms with Gasteiger partial charge in [-0.3, -0.25) is 29.4 Å². The van der Waals surface area contributed by atoms with Crippen molar-refractivity contribution >= 4 is 34.9 Å². The van der Waals surface area contributed by atoms with Crippen molar-refractivity contribution in [3.63, 3.8) is 0 Å².